The smallest absolute Gasteiger partial charge is 0.0650 e. The average molecular weight is 263 g/mol. The van der Waals surface area contributed by atoms with Crippen LogP contribution in [0.15, 0.2) is 60.8 Å². The highest BCUT2D eigenvalue weighted by Crippen LogP contribution is 2.26. The third-order valence-electron chi connectivity index (χ3n) is 3.44. The summed E-state index contributed by atoms with van der Waals surface area (Å²) in [5.41, 5.74) is 11.6. The number of nitrogens with zero attached hydrogens (tertiary/aromatic N) is 1. The average Bonchev–Trinajstić information content (AvgIpc) is 3.03. The van der Waals surface area contributed by atoms with Gasteiger partial charge in [-0.25, -0.2) is 0 Å². The van der Waals surface area contributed by atoms with Gasteiger partial charge in [-0.05, 0) is 41.3 Å². The molecule has 2 aromatic carbocycles. The number of aromatic amines is 1. The van der Waals surface area contributed by atoms with Crippen LogP contribution in [-0.2, 0) is 6.42 Å². The van der Waals surface area contributed by atoms with Gasteiger partial charge in [0.1, 0.15) is 0 Å². The molecule has 0 fully saturated rings. The van der Waals surface area contributed by atoms with Crippen LogP contribution in [0.3, 0.4) is 0 Å². The van der Waals surface area contributed by atoms with Crippen LogP contribution in [0.4, 0.5) is 0 Å². The molecule has 0 amide bonds. The van der Waals surface area contributed by atoms with E-state index in [0.29, 0.717) is 6.54 Å². The van der Waals surface area contributed by atoms with E-state index in [4.69, 9.17) is 5.73 Å². The molecule has 3 rings (SSSR count). The number of hydrogen-bond acceptors (Lipinski definition) is 2. The van der Waals surface area contributed by atoms with Gasteiger partial charge in [-0.15, -0.1) is 0 Å². The van der Waals surface area contributed by atoms with Crippen LogP contribution in [0.1, 0.15) is 5.56 Å². The molecule has 0 unspecified atom stereocenters. The summed E-state index contributed by atoms with van der Waals surface area (Å²) < 4.78 is 0. The monoisotopic (exact) mass is 263 g/mol. The molecule has 0 aliphatic carbocycles. The third-order valence-corrected chi connectivity index (χ3v) is 3.44. The molecule has 0 radical (unpaired) electrons. The number of benzene rings is 2. The first-order chi connectivity index (χ1) is 9.88. The van der Waals surface area contributed by atoms with Crippen molar-refractivity contribution in [2.45, 2.75) is 6.42 Å². The predicted octanol–water partition coefficient (Wildman–Crippen LogP) is 3.24. The molecule has 0 spiro atoms. The van der Waals surface area contributed by atoms with Crippen molar-refractivity contribution in [3.05, 3.63) is 66.4 Å². The highest BCUT2D eigenvalue weighted by atomic mass is 15.1. The SMILES string of the molecule is NCCc1ccccc1-c1ccc(-c2ccn[nH]2)cc1. The van der Waals surface area contributed by atoms with Gasteiger partial charge in [0.2, 0.25) is 0 Å². The largest absolute Gasteiger partial charge is 0.330 e. The van der Waals surface area contributed by atoms with E-state index in [2.05, 4.69) is 58.7 Å². The van der Waals surface area contributed by atoms with Gasteiger partial charge in [-0.1, -0.05) is 48.5 Å². The Morgan fingerprint density at radius 1 is 0.900 bits per heavy atom. The first-order valence-corrected chi connectivity index (χ1v) is 6.76. The van der Waals surface area contributed by atoms with Crippen molar-refractivity contribution in [2.75, 3.05) is 6.54 Å². The highest BCUT2D eigenvalue weighted by Gasteiger charge is 2.05. The van der Waals surface area contributed by atoms with Crippen LogP contribution in [0.2, 0.25) is 0 Å². The van der Waals surface area contributed by atoms with E-state index in [1.807, 2.05) is 6.07 Å². The first kappa shape index (κ1) is 12.6. The molecule has 20 heavy (non-hydrogen) atoms. The summed E-state index contributed by atoms with van der Waals surface area (Å²) in [6, 6.07) is 18.9. The maximum absolute atomic E-state index is 5.68. The number of nitrogens with two attached hydrogens (primary N) is 1. The fourth-order valence-corrected chi connectivity index (χ4v) is 2.42. The molecule has 100 valence electrons. The van der Waals surface area contributed by atoms with Crippen LogP contribution in [0.25, 0.3) is 22.4 Å². The second-order valence-electron chi connectivity index (χ2n) is 4.74. The van der Waals surface area contributed by atoms with E-state index >= 15 is 0 Å². The number of nitrogens with one attached hydrogen (secondary N) is 1. The van der Waals surface area contributed by atoms with E-state index in [0.717, 1.165) is 17.7 Å². The van der Waals surface area contributed by atoms with Crippen molar-refractivity contribution in [3.8, 4) is 22.4 Å². The molecule has 0 aliphatic heterocycles. The molecule has 0 atom stereocenters. The predicted molar refractivity (Wildman–Crippen MR) is 82.2 cm³/mol. The van der Waals surface area contributed by atoms with Crippen molar-refractivity contribution in [1.29, 1.82) is 0 Å². The normalized spacial score (nSPS) is 10.7. The number of aromatic nitrogens is 2. The zero-order valence-corrected chi connectivity index (χ0v) is 11.2. The van der Waals surface area contributed by atoms with E-state index in [1.165, 1.54) is 16.7 Å². The highest BCUT2D eigenvalue weighted by molar-refractivity contribution is 5.71. The summed E-state index contributed by atoms with van der Waals surface area (Å²) in [5.74, 6) is 0. The lowest BCUT2D eigenvalue weighted by atomic mass is 9.96. The topological polar surface area (TPSA) is 54.7 Å². The van der Waals surface area contributed by atoms with Gasteiger partial charge in [0, 0.05) is 6.20 Å². The van der Waals surface area contributed by atoms with E-state index < -0.39 is 0 Å². The van der Waals surface area contributed by atoms with Gasteiger partial charge in [-0.2, -0.15) is 5.10 Å². The summed E-state index contributed by atoms with van der Waals surface area (Å²) in [5, 5.41) is 6.96. The van der Waals surface area contributed by atoms with Crippen molar-refractivity contribution >= 4 is 0 Å². The van der Waals surface area contributed by atoms with Crippen molar-refractivity contribution in [2.24, 2.45) is 5.73 Å². The van der Waals surface area contributed by atoms with Gasteiger partial charge in [0.15, 0.2) is 0 Å². The molecular weight excluding hydrogens is 246 g/mol. The quantitative estimate of drug-likeness (QED) is 0.759. The van der Waals surface area contributed by atoms with E-state index in [9.17, 15) is 0 Å². The molecule has 3 nitrogen and oxygen atoms in total. The maximum Gasteiger partial charge on any atom is 0.0650 e. The minimum absolute atomic E-state index is 0.670. The Hall–Kier alpha value is -2.39. The van der Waals surface area contributed by atoms with Gasteiger partial charge < -0.3 is 5.73 Å². The molecule has 3 heteroatoms. The third kappa shape index (κ3) is 2.49. The molecule has 3 N–H and O–H groups in total. The second-order valence-corrected chi connectivity index (χ2v) is 4.74. The Morgan fingerprint density at radius 3 is 2.35 bits per heavy atom. The lowest BCUT2D eigenvalue weighted by Gasteiger charge is -2.09. The number of H-pyrrole nitrogens is 1. The molecule has 3 aromatic rings. The summed E-state index contributed by atoms with van der Waals surface area (Å²) in [7, 11) is 0. The minimum atomic E-state index is 0.670. The Kier molecular flexibility index (Phi) is 3.61. The van der Waals surface area contributed by atoms with Crippen LogP contribution < -0.4 is 5.73 Å². The van der Waals surface area contributed by atoms with E-state index in [-0.39, 0.29) is 0 Å². The lowest BCUT2D eigenvalue weighted by Crippen LogP contribution is -2.03. The standard InChI is InChI=1S/C17H17N3/c18-11-9-13-3-1-2-4-16(13)14-5-7-15(8-6-14)17-10-12-19-20-17/h1-8,10,12H,9,11,18H2,(H,19,20). The summed E-state index contributed by atoms with van der Waals surface area (Å²) in [6.07, 6.45) is 2.66. The van der Waals surface area contributed by atoms with Gasteiger partial charge in [0.05, 0.1) is 5.69 Å². The van der Waals surface area contributed by atoms with Crippen LogP contribution in [0.5, 0.6) is 0 Å². The zero-order chi connectivity index (χ0) is 13.8. The van der Waals surface area contributed by atoms with Crippen molar-refractivity contribution in [3.63, 3.8) is 0 Å². The molecule has 0 bridgehead atoms. The summed E-state index contributed by atoms with van der Waals surface area (Å²) in [6.45, 7) is 0.670. The summed E-state index contributed by atoms with van der Waals surface area (Å²) in [4.78, 5) is 0. The summed E-state index contributed by atoms with van der Waals surface area (Å²) >= 11 is 0. The van der Waals surface area contributed by atoms with Gasteiger partial charge in [-0.3, -0.25) is 5.10 Å². The Morgan fingerprint density at radius 2 is 1.65 bits per heavy atom. The molecule has 0 saturated carbocycles. The van der Waals surface area contributed by atoms with Crippen LogP contribution in [0, 0.1) is 0 Å². The van der Waals surface area contributed by atoms with Crippen LogP contribution in [-0.4, -0.2) is 16.7 Å². The Bertz CT molecular complexity index is 670. The first-order valence-electron chi connectivity index (χ1n) is 6.76. The maximum atomic E-state index is 5.68. The number of rotatable bonds is 4. The van der Waals surface area contributed by atoms with Gasteiger partial charge >= 0.3 is 0 Å². The van der Waals surface area contributed by atoms with Crippen molar-refractivity contribution in [1.82, 2.24) is 10.2 Å². The number of hydrogen-bond donors (Lipinski definition) is 2. The minimum Gasteiger partial charge on any atom is -0.330 e. The zero-order valence-electron chi connectivity index (χ0n) is 11.2. The lowest BCUT2D eigenvalue weighted by molar-refractivity contribution is 0.971. The van der Waals surface area contributed by atoms with Crippen molar-refractivity contribution < 1.29 is 0 Å². The van der Waals surface area contributed by atoms with Crippen LogP contribution >= 0.6 is 0 Å². The second kappa shape index (κ2) is 5.72. The molecular formula is C17H17N3. The van der Waals surface area contributed by atoms with Gasteiger partial charge in [0.25, 0.3) is 0 Å². The Labute approximate surface area is 118 Å². The fourth-order valence-electron chi connectivity index (χ4n) is 2.42. The fraction of sp³-hybridized carbons (Fsp3) is 0.118. The molecule has 0 saturated heterocycles. The van der Waals surface area contributed by atoms with E-state index in [1.54, 1.807) is 6.20 Å². The molecule has 1 heterocycles. The Balaban J connectivity index is 1.95. The molecule has 0 aliphatic rings. The molecule has 1 aromatic heterocycles.